The van der Waals surface area contributed by atoms with Gasteiger partial charge in [-0.2, -0.15) is 0 Å². The molecule has 0 aliphatic heterocycles. The Hall–Kier alpha value is -0.610. The SMILES string of the molecule is C=CC(C)CCC=C(C)COC(=O)C[N+](C)(C)CCCCCCCCCCCC.[Br-]. The van der Waals surface area contributed by atoms with Crippen molar-refractivity contribution >= 4 is 5.97 Å². The van der Waals surface area contributed by atoms with Gasteiger partial charge < -0.3 is 26.2 Å². The summed E-state index contributed by atoms with van der Waals surface area (Å²) >= 11 is 0. The van der Waals surface area contributed by atoms with E-state index < -0.39 is 0 Å². The summed E-state index contributed by atoms with van der Waals surface area (Å²) < 4.78 is 6.20. The molecule has 0 aromatic rings. The lowest BCUT2D eigenvalue weighted by Gasteiger charge is -2.28. The van der Waals surface area contributed by atoms with E-state index in [1.54, 1.807) is 0 Å². The summed E-state index contributed by atoms with van der Waals surface area (Å²) in [4.78, 5) is 12.2. The molecule has 178 valence electrons. The molecule has 0 rings (SSSR count). The Morgan fingerprint density at radius 2 is 1.53 bits per heavy atom. The van der Waals surface area contributed by atoms with Crippen LogP contribution in [0.25, 0.3) is 0 Å². The fourth-order valence-electron chi connectivity index (χ4n) is 3.47. The second kappa shape index (κ2) is 20.3. The summed E-state index contributed by atoms with van der Waals surface area (Å²) in [6, 6.07) is 0. The number of quaternary nitrogens is 1. The van der Waals surface area contributed by atoms with Crippen LogP contribution < -0.4 is 17.0 Å². The molecule has 0 aromatic heterocycles. The molecule has 0 aliphatic rings. The second-order valence-electron chi connectivity index (χ2n) is 9.50. The van der Waals surface area contributed by atoms with Crippen LogP contribution in [0.3, 0.4) is 0 Å². The van der Waals surface area contributed by atoms with E-state index in [4.69, 9.17) is 4.74 Å². The fourth-order valence-corrected chi connectivity index (χ4v) is 3.47. The second-order valence-corrected chi connectivity index (χ2v) is 9.50. The minimum Gasteiger partial charge on any atom is -1.00 e. The monoisotopic (exact) mass is 487 g/mol. The van der Waals surface area contributed by atoms with E-state index in [9.17, 15) is 4.79 Å². The number of unbranched alkanes of at least 4 members (excludes halogenated alkanes) is 9. The third-order valence-electron chi connectivity index (χ3n) is 5.65. The Bertz CT molecular complexity index is 460. The van der Waals surface area contributed by atoms with Crippen LogP contribution in [0.2, 0.25) is 0 Å². The molecule has 3 nitrogen and oxygen atoms in total. The number of rotatable bonds is 19. The van der Waals surface area contributed by atoms with Crippen molar-refractivity contribution in [3.63, 3.8) is 0 Å². The maximum atomic E-state index is 12.2. The summed E-state index contributed by atoms with van der Waals surface area (Å²) in [6.07, 6.45) is 19.7. The number of carbonyl (C=O) groups is 1. The quantitative estimate of drug-likeness (QED) is 0.119. The zero-order chi connectivity index (χ0) is 22.0. The fraction of sp³-hybridized carbons (Fsp3) is 0.808. The summed E-state index contributed by atoms with van der Waals surface area (Å²) in [5.74, 6) is 0.444. The predicted octanol–water partition coefficient (Wildman–Crippen LogP) is 4.08. The minimum atomic E-state index is -0.0886. The van der Waals surface area contributed by atoms with Crippen LogP contribution in [-0.2, 0) is 9.53 Å². The molecular formula is C26H50BrNO2. The molecule has 1 unspecified atom stereocenters. The molecule has 0 saturated carbocycles. The summed E-state index contributed by atoms with van der Waals surface area (Å²) in [5.41, 5.74) is 1.13. The maximum Gasteiger partial charge on any atom is 0.362 e. The van der Waals surface area contributed by atoms with Gasteiger partial charge in [-0.15, -0.1) is 6.58 Å². The Morgan fingerprint density at radius 1 is 1.00 bits per heavy atom. The third-order valence-corrected chi connectivity index (χ3v) is 5.65. The van der Waals surface area contributed by atoms with E-state index in [1.807, 2.05) is 13.0 Å². The van der Waals surface area contributed by atoms with E-state index in [1.165, 1.54) is 64.2 Å². The molecule has 0 spiro atoms. The van der Waals surface area contributed by atoms with Crippen molar-refractivity contribution < 1.29 is 31.0 Å². The Morgan fingerprint density at radius 3 is 2.07 bits per heavy atom. The average molecular weight is 489 g/mol. The standard InChI is InChI=1S/C26H50NO2.BrH/c1-7-9-10-11-12-13-14-15-16-17-21-27(5,6)22-26(28)29-23-25(4)20-18-19-24(3)8-2;/h8,20,24H,2,7,9-19,21-23H2,1,3-6H3;1H/q+1;/p-1. The highest BCUT2D eigenvalue weighted by Crippen LogP contribution is 2.12. The molecule has 0 bridgehead atoms. The number of hydrogen-bond acceptors (Lipinski definition) is 2. The first kappa shape index (κ1) is 31.6. The van der Waals surface area contributed by atoms with Crippen LogP contribution in [0.1, 0.15) is 97.8 Å². The van der Waals surface area contributed by atoms with Crippen molar-refractivity contribution in [1.29, 1.82) is 0 Å². The predicted molar refractivity (Wildman–Crippen MR) is 127 cm³/mol. The number of halogens is 1. The first-order valence-electron chi connectivity index (χ1n) is 12.1. The normalized spacial score (nSPS) is 12.9. The van der Waals surface area contributed by atoms with Crippen molar-refractivity contribution in [1.82, 2.24) is 0 Å². The van der Waals surface area contributed by atoms with Crippen molar-refractivity contribution in [2.45, 2.75) is 97.8 Å². The number of allylic oxidation sites excluding steroid dienone is 2. The Kier molecular flexibility index (Phi) is 21.4. The molecule has 0 fully saturated rings. The van der Waals surface area contributed by atoms with Crippen molar-refractivity contribution in [2.75, 3.05) is 33.8 Å². The number of likely N-dealkylation sites (N-methyl/N-ethyl adjacent to an activating group) is 1. The molecule has 0 radical (unpaired) electrons. The number of carbonyl (C=O) groups excluding carboxylic acids is 1. The van der Waals surface area contributed by atoms with Gasteiger partial charge in [-0.25, -0.2) is 4.79 Å². The minimum absolute atomic E-state index is 0. The molecule has 0 aliphatic carbocycles. The van der Waals surface area contributed by atoms with Crippen LogP contribution in [0, 0.1) is 5.92 Å². The van der Waals surface area contributed by atoms with E-state index in [0.29, 0.717) is 19.1 Å². The van der Waals surface area contributed by atoms with Crippen LogP contribution >= 0.6 is 0 Å². The van der Waals surface area contributed by atoms with E-state index in [-0.39, 0.29) is 23.0 Å². The van der Waals surface area contributed by atoms with Gasteiger partial charge in [-0.3, -0.25) is 0 Å². The van der Waals surface area contributed by atoms with E-state index >= 15 is 0 Å². The van der Waals surface area contributed by atoms with Crippen LogP contribution in [0.5, 0.6) is 0 Å². The summed E-state index contributed by atoms with van der Waals surface area (Å²) in [5, 5.41) is 0. The molecule has 1 atom stereocenters. The highest BCUT2D eigenvalue weighted by atomic mass is 79.9. The highest BCUT2D eigenvalue weighted by Gasteiger charge is 2.20. The van der Waals surface area contributed by atoms with Gasteiger partial charge in [0, 0.05) is 0 Å². The number of esters is 1. The number of ether oxygens (including phenoxy) is 1. The largest absolute Gasteiger partial charge is 1.00 e. The number of nitrogens with zero attached hydrogens (tertiary/aromatic N) is 1. The molecule has 30 heavy (non-hydrogen) atoms. The van der Waals surface area contributed by atoms with Crippen molar-refractivity contribution in [3.05, 3.63) is 24.3 Å². The topological polar surface area (TPSA) is 26.3 Å². The Balaban J connectivity index is 0. The first-order chi connectivity index (χ1) is 13.8. The molecule has 0 aromatic carbocycles. The van der Waals surface area contributed by atoms with Gasteiger partial charge in [0.15, 0.2) is 6.54 Å². The van der Waals surface area contributed by atoms with Crippen LogP contribution in [-0.4, -0.2) is 44.2 Å². The van der Waals surface area contributed by atoms with Crippen LogP contribution in [0.4, 0.5) is 0 Å². The van der Waals surface area contributed by atoms with Crippen LogP contribution in [0.15, 0.2) is 24.3 Å². The van der Waals surface area contributed by atoms with Gasteiger partial charge in [0.1, 0.15) is 6.61 Å². The first-order valence-corrected chi connectivity index (χ1v) is 12.1. The van der Waals surface area contributed by atoms with E-state index in [2.05, 4.69) is 40.6 Å². The van der Waals surface area contributed by atoms with Gasteiger partial charge in [-0.05, 0) is 44.1 Å². The molecule has 0 N–H and O–H groups in total. The smallest absolute Gasteiger partial charge is 0.362 e. The molecule has 0 heterocycles. The molecular weight excluding hydrogens is 438 g/mol. The van der Waals surface area contributed by atoms with Gasteiger partial charge >= 0.3 is 5.97 Å². The number of hydrogen-bond donors (Lipinski definition) is 0. The lowest BCUT2D eigenvalue weighted by Crippen LogP contribution is -3.00. The van der Waals surface area contributed by atoms with Crippen molar-refractivity contribution in [3.8, 4) is 0 Å². The van der Waals surface area contributed by atoms with E-state index in [0.717, 1.165) is 29.4 Å². The maximum absolute atomic E-state index is 12.2. The van der Waals surface area contributed by atoms with Gasteiger partial charge in [-0.1, -0.05) is 77.4 Å². The zero-order valence-corrected chi connectivity index (χ0v) is 22.3. The van der Waals surface area contributed by atoms with Gasteiger partial charge in [0.25, 0.3) is 0 Å². The third kappa shape index (κ3) is 20.7. The van der Waals surface area contributed by atoms with Gasteiger partial charge in [0.05, 0.1) is 20.6 Å². The van der Waals surface area contributed by atoms with Crippen molar-refractivity contribution in [2.24, 2.45) is 5.92 Å². The summed E-state index contributed by atoms with van der Waals surface area (Å²) in [7, 11) is 4.27. The lowest BCUT2D eigenvalue weighted by atomic mass is 10.1. The zero-order valence-electron chi connectivity index (χ0n) is 20.7. The highest BCUT2D eigenvalue weighted by molar-refractivity contribution is 5.70. The summed E-state index contributed by atoms with van der Waals surface area (Å²) in [6.45, 7) is 12.2. The van der Waals surface area contributed by atoms with Gasteiger partial charge in [0.2, 0.25) is 0 Å². The Labute approximate surface area is 198 Å². The lowest BCUT2D eigenvalue weighted by molar-refractivity contribution is -0.883. The average Bonchev–Trinajstić information content (AvgIpc) is 2.67. The molecule has 0 saturated heterocycles. The molecule has 4 heteroatoms. The molecule has 0 amide bonds.